The van der Waals surface area contributed by atoms with Crippen molar-refractivity contribution in [3.8, 4) is 11.4 Å². The Morgan fingerprint density at radius 3 is 1.45 bits per heavy atom. The zero-order chi connectivity index (χ0) is 9.12. The highest BCUT2D eigenvalue weighted by atomic mass is 28.4. The Morgan fingerprint density at radius 1 is 1.00 bits per heavy atom. The summed E-state index contributed by atoms with van der Waals surface area (Å²) in [4.78, 5) is 0. The summed E-state index contributed by atoms with van der Waals surface area (Å²) < 4.78 is 5.48. The Morgan fingerprint density at radius 2 is 1.36 bits per heavy atom. The molecule has 0 aliphatic carbocycles. The molecule has 0 N–H and O–H groups in total. The van der Waals surface area contributed by atoms with Gasteiger partial charge in [0.1, 0.15) is 0 Å². The molecule has 0 aliphatic heterocycles. The third-order valence-electron chi connectivity index (χ3n) is 0.937. The van der Waals surface area contributed by atoms with Gasteiger partial charge in [-0.15, -0.1) is 0 Å². The lowest BCUT2D eigenvalue weighted by atomic mass is 11.7. The molecule has 11 heavy (non-hydrogen) atoms. The van der Waals surface area contributed by atoms with Gasteiger partial charge in [-0.2, -0.15) is 0 Å². The first-order valence-corrected chi connectivity index (χ1v) is 9.17. The van der Waals surface area contributed by atoms with E-state index in [0.717, 1.165) is 0 Å². The fourth-order valence-electron chi connectivity index (χ4n) is 0.683. The molecule has 0 radical (unpaired) electrons. The molecule has 0 aliphatic rings. The quantitative estimate of drug-likeness (QED) is 0.612. The normalized spacial score (nSPS) is 11.8. The third kappa shape index (κ3) is 3.94. The minimum atomic E-state index is -2.66. The van der Waals surface area contributed by atoms with Crippen molar-refractivity contribution in [1.29, 1.82) is 10.5 Å². The van der Waals surface area contributed by atoms with Crippen LogP contribution in [-0.2, 0) is 4.12 Å². The lowest BCUT2D eigenvalue weighted by Gasteiger charge is -2.22. The predicted molar refractivity (Wildman–Crippen MR) is 47.3 cm³/mol. The zero-order valence-electron chi connectivity index (χ0n) is 7.30. The SMILES string of the molecule is C[Si](C)(C)O[Si](C)(C#N)C#N. The van der Waals surface area contributed by atoms with Crippen molar-refractivity contribution in [2.24, 2.45) is 0 Å². The molecule has 5 heteroatoms. The van der Waals surface area contributed by atoms with Crippen LogP contribution >= 0.6 is 0 Å². The summed E-state index contributed by atoms with van der Waals surface area (Å²) >= 11 is 0. The molecule has 0 unspecified atom stereocenters. The van der Waals surface area contributed by atoms with E-state index in [1.54, 1.807) is 6.55 Å². The largest absolute Gasteiger partial charge is 0.436 e. The van der Waals surface area contributed by atoms with Crippen molar-refractivity contribution in [2.45, 2.75) is 26.2 Å². The molecular weight excluding hydrogens is 172 g/mol. The van der Waals surface area contributed by atoms with Gasteiger partial charge >= 0.3 is 8.32 Å². The minimum absolute atomic E-state index is 1.63. The lowest BCUT2D eigenvalue weighted by Crippen LogP contribution is -2.42. The van der Waals surface area contributed by atoms with E-state index in [-0.39, 0.29) is 0 Å². The average molecular weight is 184 g/mol. The number of hydrogen-bond acceptors (Lipinski definition) is 3. The highest BCUT2D eigenvalue weighted by molar-refractivity contribution is 6.93. The summed E-state index contributed by atoms with van der Waals surface area (Å²) in [6.45, 7) is 7.57. The van der Waals surface area contributed by atoms with Gasteiger partial charge in [0.25, 0.3) is 0 Å². The number of hydrogen-bond donors (Lipinski definition) is 0. The van der Waals surface area contributed by atoms with Gasteiger partial charge in [0.2, 0.25) is 0 Å². The second-order valence-electron chi connectivity index (χ2n) is 3.47. The average Bonchev–Trinajstić information content (AvgIpc) is 1.84. The predicted octanol–water partition coefficient (Wildman–Crippen LogP) is 1.54. The Kier molecular flexibility index (Phi) is 3.00. The molecule has 0 heterocycles. The van der Waals surface area contributed by atoms with E-state index < -0.39 is 16.6 Å². The van der Waals surface area contributed by atoms with Crippen molar-refractivity contribution in [3.05, 3.63) is 0 Å². The maximum atomic E-state index is 8.64. The van der Waals surface area contributed by atoms with Crippen LogP contribution in [0.25, 0.3) is 0 Å². The van der Waals surface area contributed by atoms with Crippen LogP contribution in [0.2, 0.25) is 26.2 Å². The Bertz CT molecular complexity index is 206. The number of nitrogens with zero attached hydrogens (tertiary/aromatic N) is 2. The summed E-state index contributed by atoms with van der Waals surface area (Å²) in [6, 6.07) is 0. The minimum Gasteiger partial charge on any atom is -0.436 e. The Balaban J connectivity index is 4.40. The zero-order valence-corrected chi connectivity index (χ0v) is 9.30. The van der Waals surface area contributed by atoms with E-state index in [2.05, 4.69) is 0 Å². The smallest absolute Gasteiger partial charge is 0.402 e. The second-order valence-corrected chi connectivity index (χ2v) is 11.0. The van der Waals surface area contributed by atoms with Crippen LogP contribution in [0.5, 0.6) is 0 Å². The van der Waals surface area contributed by atoms with Crippen LogP contribution in [0.1, 0.15) is 0 Å². The van der Waals surface area contributed by atoms with Crippen molar-refractivity contribution in [2.75, 3.05) is 0 Å². The fraction of sp³-hybridized carbons (Fsp3) is 0.667. The molecule has 60 valence electrons. The van der Waals surface area contributed by atoms with Crippen molar-refractivity contribution in [3.63, 3.8) is 0 Å². The van der Waals surface area contributed by atoms with Crippen molar-refractivity contribution < 1.29 is 4.12 Å². The van der Waals surface area contributed by atoms with Crippen LogP contribution in [0.4, 0.5) is 0 Å². The van der Waals surface area contributed by atoms with Gasteiger partial charge in [-0.25, -0.2) is 10.5 Å². The molecule has 0 amide bonds. The molecular formula is C6H12N2OSi2. The van der Waals surface area contributed by atoms with Gasteiger partial charge in [-0.05, 0) is 26.2 Å². The highest BCUT2D eigenvalue weighted by Gasteiger charge is 2.35. The molecule has 0 aromatic heterocycles. The first-order valence-electron chi connectivity index (χ1n) is 3.36. The summed E-state index contributed by atoms with van der Waals surface area (Å²) in [5.74, 6) is 0. The van der Waals surface area contributed by atoms with E-state index in [1.807, 2.05) is 31.0 Å². The summed E-state index contributed by atoms with van der Waals surface area (Å²) in [5.41, 5.74) is 3.95. The molecule has 0 saturated carbocycles. The molecule has 0 rings (SSSR count). The van der Waals surface area contributed by atoms with Crippen LogP contribution in [0.15, 0.2) is 0 Å². The van der Waals surface area contributed by atoms with Crippen molar-refractivity contribution in [1.82, 2.24) is 0 Å². The van der Waals surface area contributed by atoms with Crippen LogP contribution in [0.3, 0.4) is 0 Å². The van der Waals surface area contributed by atoms with Gasteiger partial charge < -0.3 is 4.12 Å². The molecule has 0 aromatic rings. The molecule has 0 atom stereocenters. The van der Waals surface area contributed by atoms with E-state index in [1.165, 1.54) is 0 Å². The monoisotopic (exact) mass is 184 g/mol. The van der Waals surface area contributed by atoms with Crippen molar-refractivity contribution >= 4 is 16.6 Å². The molecule has 0 fully saturated rings. The summed E-state index contributed by atoms with van der Waals surface area (Å²) in [5, 5.41) is 17.3. The van der Waals surface area contributed by atoms with Gasteiger partial charge in [0.15, 0.2) is 8.32 Å². The van der Waals surface area contributed by atoms with Gasteiger partial charge in [-0.1, -0.05) is 0 Å². The molecule has 0 saturated heterocycles. The van der Waals surface area contributed by atoms with Crippen LogP contribution < -0.4 is 0 Å². The summed E-state index contributed by atoms with van der Waals surface area (Å²) in [6.07, 6.45) is 0. The fourth-order valence-corrected chi connectivity index (χ4v) is 6.00. The molecule has 0 bridgehead atoms. The second kappa shape index (κ2) is 3.18. The summed E-state index contributed by atoms with van der Waals surface area (Å²) in [7, 11) is -4.38. The first-order chi connectivity index (χ1) is 4.83. The molecule has 3 nitrogen and oxygen atoms in total. The standard InChI is InChI=1S/C6H12N2OSi2/c1-10(2,3)9-11(4,5-7)6-8/h1-4H3. The highest BCUT2D eigenvalue weighted by Crippen LogP contribution is 2.11. The van der Waals surface area contributed by atoms with Gasteiger partial charge in [0.05, 0.1) is 11.4 Å². The molecule has 0 spiro atoms. The Labute approximate surface area is 69.5 Å². The third-order valence-corrected chi connectivity index (χ3v) is 5.87. The molecule has 0 aromatic carbocycles. The van der Waals surface area contributed by atoms with Crippen LogP contribution in [-0.4, -0.2) is 16.6 Å². The van der Waals surface area contributed by atoms with Crippen LogP contribution in [0, 0.1) is 21.9 Å². The lowest BCUT2D eigenvalue weighted by molar-refractivity contribution is 0.574. The Hall–Kier alpha value is -0.626. The maximum Gasteiger partial charge on any atom is 0.402 e. The van der Waals surface area contributed by atoms with E-state index in [9.17, 15) is 0 Å². The first kappa shape index (κ1) is 10.4. The number of rotatable bonds is 2. The number of nitriles is 2. The van der Waals surface area contributed by atoms with E-state index in [4.69, 9.17) is 14.6 Å². The van der Waals surface area contributed by atoms with Gasteiger partial charge in [-0.3, -0.25) is 0 Å². The topological polar surface area (TPSA) is 56.8 Å². The maximum absolute atomic E-state index is 8.64. The van der Waals surface area contributed by atoms with Gasteiger partial charge in [0, 0.05) is 0 Å². The van der Waals surface area contributed by atoms with E-state index in [0.29, 0.717) is 0 Å². The van der Waals surface area contributed by atoms with E-state index >= 15 is 0 Å².